The number of hydrogen-bond acceptors (Lipinski definition) is 1. The van der Waals surface area contributed by atoms with Gasteiger partial charge in [-0.05, 0) is 24.7 Å². The van der Waals surface area contributed by atoms with Gasteiger partial charge in [0.1, 0.15) is 0 Å². The molecule has 0 fully saturated rings. The smallest absolute Gasteiger partial charge is 0.0462 e. The van der Waals surface area contributed by atoms with Crippen LogP contribution in [0, 0.1) is 0 Å². The van der Waals surface area contributed by atoms with Gasteiger partial charge in [0.2, 0.25) is 0 Å². The van der Waals surface area contributed by atoms with E-state index >= 15 is 0 Å². The first-order chi connectivity index (χ1) is 5.25. The molecule has 0 atom stereocenters. The van der Waals surface area contributed by atoms with E-state index in [9.17, 15) is 0 Å². The Kier molecular flexibility index (Phi) is 5.93. The maximum atomic E-state index is 5.94. The monoisotopic (exact) mass is 269 g/mol. The molecule has 0 unspecified atom stereocenters. The van der Waals surface area contributed by atoms with Crippen LogP contribution in [0.1, 0.15) is 5.56 Å². The first-order valence-corrected chi connectivity index (χ1v) is 4.50. The van der Waals surface area contributed by atoms with E-state index in [1.54, 1.807) is 0 Å². The number of benzene rings is 1. The predicted molar refractivity (Wildman–Crippen MR) is 59.2 cm³/mol. The Morgan fingerprint density at radius 3 is 2.67 bits per heavy atom. The Morgan fingerprint density at radius 1 is 1.50 bits per heavy atom. The molecule has 12 heavy (non-hydrogen) atoms. The molecule has 4 heteroatoms. The van der Waals surface area contributed by atoms with E-state index in [4.69, 9.17) is 11.6 Å². The Bertz CT molecular complexity index is 233. The van der Waals surface area contributed by atoms with E-state index in [0.29, 0.717) is 0 Å². The number of nitrogens with one attached hydrogen (secondary N) is 1. The third-order valence-corrected chi connectivity index (χ3v) is 2.51. The highest BCUT2D eigenvalue weighted by Gasteiger charge is 2.01. The van der Waals surface area contributed by atoms with Gasteiger partial charge in [0.15, 0.2) is 0 Å². The van der Waals surface area contributed by atoms with Crippen LogP contribution >= 0.6 is 39.9 Å². The second-order valence-corrected chi connectivity index (χ2v) is 3.49. The predicted octanol–water partition coefficient (Wildman–Crippen LogP) is 3.24. The number of halogens is 3. The zero-order valence-corrected chi connectivity index (χ0v) is 9.76. The van der Waals surface area contributed by atoms with Gasteiger partial charge in [-0.3, -0.25) is 0 Å². The maximum absolute atomic E-state index is 5.94. The average Bonchev–Trinajstić information content (AvgIpc) is 1.97. The van der Waals surface area contributed by atoms with Gasteiger partial charge in [-0.1, -0.05) is 33.6 Å². The molecule has 0 saturated heterocycles. The van der Waals surface area contributed by atoms with E-state index < -0.39 is 0 Å². The zero-order valence-electron chi connectivity index (χ0n) is 6.60. The van der Waals surface area contributed by atoms with Gasteiger partial charge in [-0.15, -0.1) is 12.4 Å². The van der Waals surface area contributed by atoms with Crippen LogP contribution < -0.4 is 5.32 Å². The Labute approximate surface area is 92.0 Å². The highest BCUT2D eigenvalue weighted by molar-refractivity contribution is 9.10. The van der Waals surface area contributed by atoms with E-state index in [-0.39, 0.29) is 12.4 Å². The molecule has 0 heterocycles. The number of rotatable bonds is 2. The first kappa shape index (κ1) is 12.2. The van der Waals surface area contributed by atoms with Gasteiger partial charge in [-0.2, -0.15) is 0 Å². The van der Waals surface area contributed by atoms with E-state index in [0.717, 1.165) is 21.6 Å². The van der Waals surface area contributed by atoms with Crippen molar-refractivity contribution in [2.24, 2.45) is 0 Å². The fraction of sp³-hybridized carbons (Fsp3) is 0.250. The zero-order chi connectivity index (χ0) is 8.27. The second-order valence-electron chi connectivity index (χ2n) is 2.23. The van der Waals surface area contributed by atoms with Crippen LogP contribution in [0.4, 0.5) is 0 Å². The van der Waals surface area contributed by atoms with Crippen molar-refractivity contribution in [1.29, 1.82) is 0 Å². The normalized spacial score (nSPS) is 9.25. The van der Waals surface area contributed by atoms with Gasteiger partial charge < -0.3 is 5.32 Å². The third kappa shape index (κ3) is 2.94. The van der Waals surface area contributed by atoms with Crippen molar-refractivity contribution in [3.8, 4) is 0 Å². The van der Waals surface area contributed by atoms with Gasteiger partial charge in [0.25, 0.3) is 0 Å². The first-order valence-electron chi connectivity index (χ1n) is 3.33. The molecule has 68 valence electrons. The van der Waals surface area contributed by atoms with E-state index in [1.807, 2.05) is 25.2 Å². The van der Waals surface area contributed by atoms with Crippen molar-refractivity contribution >= 4 is 39.9 Å². The molecule has 0 spiro atoms. The van der Waals surface area contributed by atoms with Crippen molar-refractivity contribution in [3.05, 3.63) is 33.3 Å². The highest BCUT2D eigenvalue weighted by Crippen LogP contribution is 2.23. The summed E-state index contributed by atoms with van der Waals surface area (Å²) in [6, 6.07) is 5.79. The minimum absolute atomic E-state index is 0. The van der Waals surface area contributed by atoms with Crippen LogP contribution in [0.5, 0.6) is 0 Å². The van der Waals surface area contributed by atoms with Gasteiger partial charge >= 0.3 is 0 Å². The lowest BCUT2D eigenvalue weighted by molar-refractivity contribution is 0.815. The molecule has 0 amide bonds. The molecule has 0 aliphatic heterocycles. The molecule has 0 saturated carbocycles. The topological polar surface area (TPSA) is 12.0 Å². The van der Waals surface area contributed by atoms with Gasteiger partial charge in [-0.25, -0.2) is 0 Å². The van der Waals surface area contributed by atoms with Gasteiger partial charge in [0.05, 0.1) is 0 Å². The lowest BCUT2D eigenvalue weighted by Crippen LogP contribution is -2.06. The van der Waals surface area contributed by atoms with Crippen LogP contribution in [0.15, 0.2) is 22.7 Å². The molecule has 0 aromatic heterocycles. The molecule has 1 aromatic carbocycles. The molecule has 1 aromatic rings. The summed E-state index contributed by atoms with van der Waals surface area (Å²) >= 11 is 9.36. The Balaban J connectivity index is 0.00000121. The molecule has 1 rings (SSSR count). The highest BCUT2D eigenvalue weighted by atomic mass is 79.9. The summed E-state index contributed by atoms with van der Waals surface area (Å²) < 4.78 is 1.05. The van der Waals surface area contributed by atoms with Crippen molar-refractivity contribution in [1.82, 2.24) is 5.32 Å². The summed E-state index contributed by atoms with van der Waals surface area (Å²) in [6.45, 7) is 0.792. The van der Waals surface area contributed by atoms with Crippen LogP contribution in [-0.2, 0) is 6.54 Å². The lowest BCUT2D eigenvalue weighted by Gasteiger charge is -2.04. The molecular weight excluding hydrogens is 261 g/mol. The summed E-state index contributed by atoms with van der Waals surface area (Å²) in [7, 11) is 1.90. The van der Waals surface area contributed by atoms with Crippen LogP contribution in [0.3, 0.4) is 0 Å². The summed E-state index contributed by atoms with van der Waals surface area (Å²) in [5, 5.41) is 3.85. The second kappa shape index (κ2) is 5.81. The Morgan fingerprint density at radius 2 is 2.17 bits per heavy atom. The SMILES string of the molecule is CNCc1c(Cl)cccc1Br.Cl. The molecule has 0 radical (unpaired) electrons. The third-order valence-electron chi connectivity index (χ3n) is 1.42. The van der Waals surface area contributed by atoms with Crippen molar-refractivity contribution in [3.63, 3.8) is 0 Å². The van der Waals surface area contributed by atoms with Crippen LogP contribution in [-0.4, -0.2) is 7.05 Å². The van der Waals surface area contributed by atoms with Gasteiger partial charge in [0, 0.05) is 16.0 Å². The van der Waals surface area contributed by atoms with E-state index in [1.165, 1.54) is 0 Å². The van der Waals surface area contributed by atoms with Crippen LogP contribution in [0.2, 0.25) is 5.02 Å². The molecule has 0 aliphatic rings. The lowest BCUT2D eigenvalue weighted by atomic mass is 10.2. The van der Waals surface area contributed by atoms with E-state index in [2.05, 4.69) is 21.2 Å². The Hall–Kier alpha value is 0.240. The quantitative estimate of drug-likeness (QED) is 0.870. The molecule has 0 aliphatic carbocycles. The van der Waals surface area contributed by atoms with Crippen molar-refractivity contribution < 1.29 is 0 Å². The van der Waals surface area contributed by atoms with Crippen molar-refractivity contribution in [2.75, 3.05) is 7.05 Å². The largest absolute Gasteiger partial charge is 0.316 e. The average molecular weight is 271 g/mol. The van der Waals surface area contributed by atoms with Crippen LogP contribution in [0.25, 0.3) is 0 Å². The molecule has 1 nitrogen and oxygen atoms in total. The van der Waals surface area contributed by atoms with Crippen molar-refractivity contribution in [2.45, 2.75) is 6.54 Å². The summed E-state index contributed by atoms with van der Waals surface area (Å²) in [4.78, 5) is 0. The standard InChI is InChI=1S/C8H9BrClN.ClH/c1-11-5-6-7(9)3-2-4-8(6)10;/h2-4,11H,5H2,1H3;1H. The minimum Gasteiger partial charge on any atom is -0.316 e. The fourth-order valence-electron chi connectivity index (χ4n) is 0.878. The number of hydrogen-bond donors (Lipinski definition) is 1. The fourth-order valence-corrected chi connectivity index (χ4v) is 1.74. The summed E-state index contributed by atoms with van der Waals surface area (Å²) in [6.07, 6.45) is 0. The molecular formula is C8H10BrCl2N. The summed E-state index contributed by atoms with van der Waals surface area (Å²) in [5.41, 5.74) is 1.11. The molecule has 0 bridgehead atoms. The minimum atomic E-state index is 0. The summed E-state index contributed by atoms with van der Waals surface area (Å²) in [5.74, 6) is 0. The maximum Gasteiger partial charge on any atom is 0.0462 e. The molecule has 1 N–H and O–H groups in total.